The van der Waals surface area contributed by atoms with Crippen LogP contribution in [0.4, 0.5) is 5.82 Å². The molecule has 5 nitrogen and oxygen atoms in total. The number of rotatable bonds is 2. The van der Waals surface area contributed by atoms with Gasteiger partial charge in [-0.05, 0) is 25.0 Å². The van der Waals surface area contributed by atoms with Crippen LogP contribution in [0.5, 0.6) is 0 Å². The number of amides is 1. The molecule has 2 saturated heterocycles. The van der Waals surface area contributed by atoms with Crippen LogP contribution in [0, 0.1) is 0 Å². The summed E-state index contributed by atoms with van der Waals surface area (Å²) in [5.41, 5.74) is 0. The molecular weight excluding hydrogens is 278 g/mol. The molecular formula is C14H18ClN3O2. The lowest BCUT2D eigenvalue weighted by Crippen LogP contribution is -2.50. The second-order valence-electron chi connectivity index (χ2n) is 5.12. The normalized spacial score (nSPS) is 23.1. The molecule has 0 saturated carbocycles. The van der Waals surface area contributed by atoms with Gasteiger partial charge in [-0.15, -0.1) is 0 Å². The highest BCUT2D eigenvalue weighted by atomic mass is 35.5. The van der Waals surface area contributed by atoms with Crippen LogP contribution in [0.25, 0.3) is 0 Å². The number of ether oxygens (including phenoxy) is 1. The molecule has 0 aliphatic carbocycles. The van der Waals surface area contributed by atoms with E-state index in [2.05, 4.69) is 9.88 Å². The van der Waals surface area contributed by atoms with Crippen LogP contribution in [0.15, 0.2) is 18.3 Å². The van der Waals surface area contributed by atoms with Crippen molar-refractivity contribution < 1.29 is 9.53 Å². The summed E-state index contributed by atoms with van der Waals surface area (Å²) >= 11 is 5.87. The maximum atomic E-state index is 12.6. The molecule has 1 aromatic rings. The van der Waals surface area contributed by atoms with E-state index >= 15 is 0 Å². The van der Waals surface area contributed by atoms with Crippen LogP contribution in [0.3, 0.4) is 0 Å². The monoisotopic (exact) mass is 295 g/mol. The molecule has 108 valence electrons. The summed E-state index contributed by atoms with van der Waals surface area (Å²) in [4.78, 5) is 21.0. The van der Waals surface area contributed by atoms with E-state index in [0.717, 1.165) is 25.2 Å². The maximum Gasteiger partial charge on any atom is 0.245 e. The number of hydrogen-bond donors (Lipinski definition) is 0. The standard InChI is InChI=1S/C14H18ClN3O2/c15-11-3-4-13(16-10-11)18-5-1-2-12(18)14(19)17-6-8-20-9-7-17/h3-4,10,12H,1-2,5-9H2. The Morgan fingerprint density at radius 2 is 2.10 bits per heavy atom. The van der Waals surface area contributed by atoms with Crippen LogP contribution in [0.1, 0.15) is 12.8 Å². The van der Waals surface area contributed by atoms with E-state index in [-0.39, 0.29) is 11.9 Å². The average Bonchev–Trinajstić information content (AvgIpc) is 2.97. The largest absolute Gasteiger partial charge is 0.378 e. The van der Waals surface area contributed by atoms with Gasteiger partial charge < -0.3 is 14.5 Å². The van der Waals surface area contributed by atoms with Gasteiger partial charge in [-0.3, -0.25) is 4.79 Å². The Bertz CT molecular complexity index is 474. The Labute approximate surface area is 123 Å². The fourth-order valence-electron chi connectivity index (χ4n) is 2.83. The van der Waals surface area contributed by atoms with Gasteiger partial charge in [0, 0.05) is 25.8 Å². The minimum atomic E-state index is -0.0956. The van der Waals surface area contributed by atoms with E-state index in [1.54, 1.807) is 6.20 Å². The van der Waals surface area contributed by atoms with Crippen molar-refractivity contribution in [3.63, 3.8) is 0 Å². The number of aromatic nitrogens is 1. The first kappa shape index (κ1) is 13.6. The molecule has 0 aromatic carbocycles. The fraction of sp³-hybridized carbons (Fsp3) is 0.571. The summed E-state index contributed by atoms with van der Waals surface area (Å²) in [7, 11) is 0. The predicted octanol–water partition coefficient (Wildman–Crippen LogP) is 1.56. The summed E-state index contributed by atoms with van der Waals surface area (Å²) in [6.45, 7) is 3.53. The predicted molar refractivity (Wildman–Crippen MR) is 77.0 cm³/mol. The molecule has 20 heavy (non-hydrogen) atoms. The molecule has 2 aliphatic rings. The minimum absolute atomic E-state index is 0.0956. The fourth-order valence-corrected chi connectivity index (χ4v) is 2.94. The molecule has 2 fully saturated rings. The van der Waals surface area contributed by atoms with Crippen LogP contribution in [-0.2, 0) is 9.53 Å². The van der Waals surface area contributed by atoms with Gasteiger partial charge in [0.25, 0.3) is 0 Å². The topological polar surface area (TPSA) is 45.7 Å². The molecule has 1 unspecified atom stereocenters. The number of morpholine rings is 1. The number of halogens is 1. The number of hydrogen-bond acceptors (Lipinski definition) is 4. The van der Waals surface area contributed by atoms with Crippen molar-refractivity contribution in [2.24, 2.45) is 0 Å². The van der Waals surface area contributed by atoms with Gasteiger partial charge in [0.1, 0.15) is 11.9 Å². The zero-order chi connectivity index (χ0) is 13.9. The summed E-state index contributed by atoms with van der Waals surface area (Å²) < 4.78 is 5.30. The SMILES string of the molecule is O=C(C1CCCN1c1ccc(Cl)cn1)N1CCOCC1. The maximum absolute atomic E-state index is 12.6. The molecule has 3 rings (SSSR count). The Kier molecular flexibility index (Phi) is 4.08. The lowest BCUT2D eigenvalue weighted by molar-refractivity contribution is -0.136. The molecule has 2 aliphatic heterocycles. The third-order valence-corrected chi connectivity index (χ3v) is 4.09. The number of pyridine rings is 1. The summed E-state index contributed by atoms with van der Waals surface area (Å²) in [5.74, 6) is 1.03. The highest BCUT2D eigenvalue weighted by molar-refractivity contribution is 6.30. The third-order valence-electron chi connectivity index (χ3n) is 3.87. The molecule has 6 heteroatoms. The van der Waals surface area contributed by atoms with Crippen LogP contribution in [0.2, 0.25) is 5.02 Å². The third kappa shape index (κ3) is 2.74. The van der Waals surface area contributed by atoms with Gasteiger partial charge in [-0.1, -0.05) is 11.6 Å². The van der Waals surface area contributed by atoms with Crippen molar-refractivity contribution in [2.75, 3.05) is 37.7 Å². The Morgan fingerprint density at radius 1 is 1.30 bits per heavy atom. The molecule has 0 bridgehead atoms. The lowest BCUT2D eigenvalue weighted by atomic mass is 10.2. The van der Waals surface area contributed by atoms with Crippen LogP contribution in [-0.4, -0.2) is 54.7 Å². The first-order valence-corrected chi connectivity index (χ1v) is 7.38. The minimum Gasteiger partial charge on any atom is -0.378 e. The first-order valence-electron chi connectivity index (χ1n) is 7.00. The quantitative estimate of drug-likeness (QED) is 0.831. The average molecular weight is 296 g/mol. The molecule has 0 radical (unpaired) electrons. The zero-order valence-electron chi connectivity index (χ0n) is 11.3. The Hall–Kier alpha value is -1.33. The molecule has 3 heterocycles. The molecule has 0 spiro atoms. The summed E-state index contributed by atoms with van der Waals surface area (Å²) in [6, 6.07) is 3.60. The van der Waals surface area contributed by atoms with Crippen molar-refractivity contribution in [1.82, 2.24) is 9.88 Å². The van der Waals surface area contributed by atoms with Crippen molar-refractivity contribution >= 4 is 23.3 Å². The second-order valence-corrected chi connectivity index (χ2v) is 5.56. The molecule has 1 atom stereocenters. The van der Waals surface area contributed by atoms with Crippen LogP contribution >= 0.6 is 11.6 Å². The highest BCUT2D eigenvalue weighted by Gasteiger charge is 2.34. The number of carbonyl (C=O) groups is 1. The smallest absolute Gasteiger partial charge is 0.245 e. The van der Waals surface area contributed by atoms with E-state index in [1.165, 1.54) is 0 Å². The molecule has 1 aromatic heterocycles. The number of carbonyl (C=O) groups excluding carboxylic acids is 1. The van der Waals surface area contributed by atoms with Gasteiger partial charge in [0.15, 0.2) is 0 Å². The van der Waals surface area contributed by atoms with E-state index in [4.69, 9.17) is 16.3 Å². The Morgan fingerprint density at radius 3 is 2.80 bits per heavy atom. The molecule has 0 N–H and O–H groups in total. The number of nitrogens with zero attached hydrogens (tertiary/aromatic N) is 3. The van der Waals surface area contributed by atoms with Crippen LogP contribution < -0.4 is 4.90 Å². The van der Waals surface area contributed by atoms with Gasteiger partial charge in [-0.2, -0.15) is 0 Å². The van der Waals surface area contributed by atoms with Crippen molar-refractivity contribution in [1.29, 1.82) is 0 Å². The van der Waals surface area contributed by atoms with E-state index in [1.807, 2.05) is 17.0 Å². The second kappa shape index (κ2) is 5.97. The van der Waals surface area contributed by atoms with E-state index < -0.39 is 0 Å². The van der Waals surface area contributed by atoms with Gasteiger partial charge in [0.05, 0.1) is 18.2 Å². The molecule has 1 amide bonds. The Balaban J connectivity index is 1.74. The first-order chi connectivity index (χ1) is 9.75. The van der Waals surface area contributed by atoms with Gasteiger partial charge in [0.2, 0.25) is 5.91 Å². The van der Waals surface area contributed by atoms with Gasteiger partial charge in [-0.25, -0.2) is 4.98 Å². The van der Waals surface area contributed by atoms with Crippen molar-refractivity contribution in [2.45, 2.75) is 18.9 Å². The van der Waals surface area contributed by atoms with Crippen molar-refractivity contribution in [3.8, 4) is 0 Å². The number of anilines is 1. The van der Waals surface area contributed by atoms with Gasteiger partial charge >= 0.3 is 0 Å². The lowest BCUT2D eigenvalue weighted by Gasteiger charge is -2.33. The summed E-state index contributed by atoms with van der Waals surface area (Å²) in [5, 5.41) is 0.615. The van der Waals surface area contributed by atoms with Crippen molar-refractivity contribution in [3.05, 3.63) is 23.4 Å². The zero-order valence-corrected chi connectivity index (χ0v) is 12.1. The van der Waals surface area contributed by atoms with E-state index in [0.29, 0.717) is 31.3 Å². The summed E-state index contributed by atoms with van der Waals surface area (Å²) in [6.07, 6.45) is 3.54. The van der Waals surface area contributed by atoms with E-state index in [9.17, 15) is 4.79 Å². The highest BCUT2D eigenvalue weighted by Crippen LogP contribution is 2.26.